The fourth-order valence-corrected chi connectivity index (χ4v) is 4.90. The number of carbonyl (C=O) groups excluding carboxylic acids is 1. The van der Waals surface area contributed by atoms with Crippen LogP contribution >= 0.6 is 8.03 Å². The Morgan fingerprint density at radius 2 is 1.72 bits per heavy atom. The summed E-state index contributed by atoms with van der Waals surface area (Å²) in [5, 5.41) is 9.77. The molecule has 0 radical (unpaired) electrons. The molecule has 0 spiro atoms. The van der Waals surface area contributed by atoms with Crippen molar-refractivity contribution in [2.45, 2.75) is 52.1 Å². The first kappa shape index (κ1) is 27.7. The van der Waals surface area contributed by atoms with Crippen LogP contribution in [0.1, 0.15) is 49.9 Å². The van der Waals surface area contributed by atoms with E-state index in [1.54, 1.807) is 12.1 Å². The Balaban J connectivity index is 2.04. The number of aliphatic hydroxyl groups is 1. The molecule has 0 saturated carbocycles. The minimum absolute atomic E-state index is 0.0588. The number of halogens is 1. The van der Waals surface area contributed by atoms with Gasteiger partial charge in [-0.1, -0.05) is 63.2 Å². The maximum absolute atomic E-state index is 13.8. The number of rotatable bonds is 11. The lowest BCUT2D eigenvalue weighted by molar-refractivity contribution is -0.145. The molecule has 0 aliphatic carbocycles. The molecule has 192 valence electrons. The summed E-state index contributed by atoms with van der Waals surface area (Å²) in [5.74, 6) is -0.880. The fraction of sp³-hybridized carbons (Fsp3) is 0.357. The Morgan fingerprint density at radius 3 is 2.31 bits per heavy atom. The molecule has 0 aliphatic heterocycles. The second-order valence-electron chi connectivity index (χ2n) is 8.99. The van der Waals surface area contributed by atoms with Crippen molar-refractivity contribution in [3.05, 3.63) is 77.2 Å². The van der Waals surface area contributed by atoms with E-state index in [2.05, 4.69) is 20.8 Å². The van der Waals surface area contributed by atoms with Gasteiger partial charge in [0.25, 0.3) is 0 Å². The van der Waals surface area contributed by atoms with E-state index in [1.165, 1.54) is 12.1 Å². The Bertz CT molecular complexity index is 1200. The summed E-state index contributed by atoms with van der Waals surface area (Å²) in [5.41, 5.74) is 6.53. The molecule has 0 amide bonds. The van der Waals surface area contributed by atoms with Crippen LogP contribution in [0.15, 0.2) is 54.6 Å². The Morgan fingerprint density at radius 1 is 1.06 bits per heavy atom. The molecule has 1 aromatic heterocycles. The molecule has 2 unspecified atom stereocenters. The van der Waals surface area contributed by atoms with Crippen LogP contribution in [0.2, 0.25) is 0 Å². The molecule has 2 N–H and O–H groups in total. The molecular formula is C28H33FNO5P. The second-order valence-corrected chi connectivity index (χ2v) is 10.2. The van der Waals surface area contributed by atoms with Crippen LogP contribution in [0, 0.1) is 5.82 Å². The van der Waals surface area contributed by atoms with E-state index in [9.17, 15) is 18.9 Å². The molecule has 6 nitrogen and oxygen atoms in total. The zero-order valence-electron chi connectivity index (χ0n) is 20.8. The lowest BCUT2D eigenvalue weighted by Crippen LogP contribution is -2.19. The molecule has 1 heterocycles. The summed E-state index contributed by atoms with van der Waals surface area (Å²) in [7, 11) is -2.87. The van der Waals surface area contributed by atoms with Crippen molar-refractivity contribution >= 4 is 14.0 Å². The van der Waals surface area contributed by atoms with E-state index in [-0.39, 0.29) is 30.9 Å². The normalized spacial score (nSPS) is 13.0. The number of hydrogen-bond donors (Lipinski definition) is 2. The lowest BCUT2D eigenvalue weighted by Gasteiger charge is -2.23. The number of esters is 1. The van der Waals surface area contributed by atoms with Gasteiger partial charge in [0.1, 0.15) is 5.82 Å². The van der Waals surface area contributed by atoms with E-state index >= 15 is 0 Å². The van der Waals surface area contributed by atoms with Crippen LogP contribution in [0.3, 0.4) is 0 Å². The van der Waals surface area contributed by atoms with E-state index < -0.39 is 20.1 Å². The topological polar surface area (TPSA) is 96.7 Å². The van der Waals surface area contributed by atoms with E-state index in [4.69, 9.17) is 14.6 Å². The fourth-order valence-electron chi connectivity index (χ4n) is 4.35. The van der Waals surface area contributed by atoms with Crippen LogP contribution < -0.4 is 0 Å². The van der Waals surface area contributed by atoms with Crippen molar-refractivity contribution in [3.63, 3.8) is 0 Å². The van der Waals surface area contributed by atoms with Crippen molar-refractivity contribution in [3.8, 4) is 22.4 Å². The number of nitrogens with zero attached hydrogens (tertiary/aromatic N) is 1. The van der Waals surface area contributed by atoms with E-state index in [1.807, 2.05) is 30.3 Å². The number of aromatic nitrogens is 1. The maximum atomic E-state index is 13.8. The van der Waals surface area contributed by atoms with Gasteiger partial charge in [-0.05, 0) is 46.7 Å². The molecule has 0 fully saturated rings. The van der Waals surface area contributed by atoms with Crippen LogP contribution in [-0.4, -0.2) is 39.8 Å². The highest BCUT2D eigenvalue weighted by Crippen LogP contribution is 2.38. The van der Waals surface area contributed by atoms with Crippen molar-refractivity contribution in [1.29, 1.82) is 0 Å². The predicted octanol–water partition coefficient (Wildman–Crippen LogP) is 5.54. The summed E-state index contributed by atoms with van der Waals surface area (Å²) in [6.45, 7) is 6.23. The highest BCUT2D eigenvalue weighted by Gasteiger charge is 2.23. The Hall–Kier alpha value is -2.86. The van der Waals surface area contributed by atoms with Gasteiger partial charge in [-0.3, -0.25) is 14.3 Å². The number of pyridine rings is 1. The van der Waals surface area contributed by atoms with Crippen molar-refractivity contribution < 1.29 is 28.5 Å². The number of aliphatic hydroxyl groups excluding tert-OH is 1. The molecule has 0 aliphatic rings. The monoisotopic (exact) mass is 513 g/mol. The largest absolute Gasteiger partial charge is 0.465 e. The zero-order valence-corrected chi connectivity index (χ0v) is 21.8. The molecule has 2 atom stereocenters. The smallest absolute Gasteiger partial charge is 0.308 e. The van der Waals surface area contributed by atoms with Gasteiger partial charge in [0, 0.05) is 23.8 Å². The molecule has 2 aromatic carbocycles. The summed E-state index contributed by atoms with van der Waals surface area (Å²) >= 11 is 0. The van der Waals surface area contributed by atoms with Crippen molar-refractivity contribution in [2.24, 2.45) is 0 Å². The van der Waals surface area contributed by atoms with Gasteiger partial charge in [-0.15, -0.1) is 0 Å². The highest BCUT2D eigenvalue weighted by molar-refractivity contribution is 7.38. The van der Waals surface area contributed by atoms with Crippen molar-refractivity contribution in [2.75, 3.05) is 12.8 Å². The number of ether oxygens (including phenoxy) is 1. The first-order valence-electron chi connectivity index (χ1n) is 12.1. The molecule has 0 bridgehead atoms. The average molecular weight is 514 g/mol. The molecule has 3 rings (SSSR count). The number of benzene rings is 2. The third kappa shape index (κ3) is 7.10. The number of carbonyl (C=O) groups is 1. The maximum Gasteiger partial charge on any atom is 0.308 e. The summed E-state index contributed by atoms with van der Waals surface area (Å²) in [6, 6.07) is 16.3. The predicted molar refractivity (Wildman–Crippen MR) is 140 cm³/mol. The minimum atomic E-state index is -2.87. The van der Waals surface area contributed by atoms with Gasteiger partial charge in [0.05, 0.1) is 24.8 Å². The first-order valence-corrected chi connectivity index (χ1v) is 13.7. The van der Waals surface area contributed by atoms with Gasteiger partial charge in [0.2, 0.25) is 0 Å². The van der Waals surface area contributed by atoms with Crippen molar-refractivity contribution in [1.82, 2.24) is 4.98 Å². The van der Waals surface area contributed by atoms with Gasteiger partial charge in [-0.2, -0.15) is 0 Å². The van der Waals surface area contributed by atoms with Crippen LogP contribution in [-0.2, 0) is 26.9 Å². The van der Waals surface area contributed by atoms with Crippen LogP contribution in [0.4, 0.5) is 4.39 Å². The molecular weight excluding hydrogens is 480 g/mol. The SMILES string of the molecule is CCc1c(-c2ccccc2)nc(C(C)C)c(CCOC(=O)CC(O)C[PH](=O)O)c1-c1ccc(F)cc1. The summed E-state index contributed by atoms with van der Waals surface area (Å²) < 4.78 is 30.1. The third-order valence-corrected chi connectivity index (χ3v) is 6.76. The molecule has 8 heteroatoms. The highest BCUT2D eigenvalue weighted by atomic mass is 31.1. The minimum Gasteiger partial charge on any atom is -0.465 e. The third-order valence-electron chi connectivity index (χ3n) is 5.94. The first-order chi connectivity index (χ1) is 17.2. The van der Waals surface area contributed by atoms with Gasteiger partial charge in [0.15, 0.2) is 8.03 Å². The van der Waals surface area contributed by atoms with E-state index in [0.29, 0.717) is 12.8 Å². The standard InChI is InChI=1S/C28H33FNO5P/c1-4-23-26(19-10-12-21(29)13-11-19)24(14-15-35-25(32)16-22(31)17-36(33)34)27(18(2)3)30-28(23)20-8-6-5-7-9-20/h5-13,18,22,31,36H,4,14-17H2,1-3H3,(H,33,34). The quantitative estimate of drug-likeness (QED) is 0.258. The summed E-state index contributed by atoms with van der Waals surface area (Å²) in [6.07, 6.45) is -0.815. The average Bonchev–Trinajstić information content (AvgIpc) is 2.83. The molecule has 3 aromatic rings. The zero-order chi connectivity index (χ0) is 26.2. The number of hydrogen-bond acceptors (Lipinski definition) is 5. The lowest BCUT2D eigenvalue weighted by atomic mass is 9.86. The second kappa shape index (κ2) is 12.9. The van der Waals surface area contributed by atoms with Crippen LogP contribution in [0.25, 0.3) is 22.4 Å². The Labute approximate surface area is 212 Å². The van der Waals surface area contributed by atoms with Gasteiger partial charge in [-0.25, -0.2) is 4.39 Å². The molecule has 0 saturated heterocycles. The van der Waals surface area contributed by atoms with E-state index in [0.717, 1.165) is 39.2 Å². The summed E-state index contributed by atoms with van der Waals surface area (Å²) in [4.78, 5) is 26.2. The molecule has 36 heavy (non-hydrogen) atoms. The van der Waals surface area contributed by atoms with Crippen LogP contribution in [0.5, 0.6) is 0 Å². The van der Waals surface area contributed by atoms with Gasteiger partial charge < -0.3 is 14.7 Å². The Kier molecular flexibility index (Phi) is 9.94. The van der Waals surface area contributed by atoms with Gasteiger partial charge >= 0.3 is 5.97 Å².